The number of hydrogen-bond donors (Lipinski definition) is 1. The van der Waals surface area contributed by atoms with E-state index in [1.165, 1.54) is 11.8 Å². The molecule has 0 aliphatic carbocycles. The number of benzene rings is 2. The van der Waals surface area contributed by atoms with E-state index in [9.17, 15) is 10.1 Å². The van der Waals surface area contributed by atoms with Crippen LogP contribution in [0.4, 0.5) is 0 Å². The summed E-state index contributed by atoms with van der Waals surface area (Å²) in [6.07, 6.45) is 3.76. The molecule has 0 fully saturated rings. The minimum absolute atomic E-state index is 0.00353. The van der Waals surface area contributed by atoms with Crippen molar-refractivity contribution in [1.29, 1.82) is 5.26 Å². The van der Waals surface area contributed by atoms with Gasteiger partial charge in [0, 0.05) is 17.3 Å². The van der Waals surface area contributed by atoms with E-state index in [1.807, 2.05) is 41.0 Å². The van der Waals surface area contributed by atoms with Gasteiger partial charge in [0.1, 0.15) is 4.60 Å². The molecule has 0 aliphatic rings. The number of carbonyl (C=O) groups is 1. The van der Waals surface area contributed by atoms with Gasteiger partial charge in [-0.15, -0.1) is 0 Å². The van der Waals surface area contributed by atoms with Crippen molar-refractivity contribution in [1.82, 2.24) is 14.9 Å². The second-order valence-corrected chi connectivity index (χ2v) is 7.74. The maximum atomic E-state index is 12.0. The first-order chi connectivity index (χ1) is 13.2. The molecule has 0 atom stereocenters. The SMILES string of the molecule is CCCCNC(=O)CSc1ncc(Br)n1-c1ccc(C#N)c2ccccc12. The van der Waals surface area contributed by atoms with Gasteiger partial charge >= 0.3 is 0 Å². The molecule has 138 valence electrons. The Kier molecular flexibility index (Phi) is 6.54. The number of nitrogens with zero attached hydrogens (tertiary/aromatic N) is 3. The second-order valence-electron chi connectivity index (χ2n) is 5.98. The third-order valence-electron chi connectivity index (χ3n) is 4.13. The third kappa shape index (κ3) is 4.34. The van der Waals surface area contributed by atoms with E-state index in [4.69, 9.17) is 0 Å². The van der Waals surface area contributed by atoms with Crippen molar-refractivity contribution in [3.63, 3.8) is 0 Å². The molecular formula is C20H19BrN4OS. The topological polar surface area (TPSA) is 70.7 Å². The zero-order chi connectivity index (χ0) is 19.2. The average Bonchev–Trinajstić information content (AvgIpc) is 3.06. The van der Waals surface area contributed by atoms with Crippen LogP contribution in [0, 0.1) is 11.3 Å². The normalized spacial score (nSPS) is 10.7. The summed E-state index contributed by atoms with van der Waals surface area (Å²) in [5.41, 5.74) is 1.55. The van der Waals surface area contributed by atoms with Crippen LogP contribution in [0.1, 0.15) is 25.3 Å². The van der Waals surface area contributed by atoms with Crippen molar-refractivity contribution < 1.29 is 4.79 Å². The summed E-state index contributed by atoms with van der Waals surface area (Å²) in [5, 5.41) is 14.9. The highest BCUT2D eigenvalue weighted by molar-refractivity contribution is 9.10. The molecule has 0 aliphatic heterocycles. The number of carbonyl (C=O) groups excluding carboxylic acids is 1. The van der Waals surface area contributed by atoms with Gasteiger partial charge in [-0.05, 0) is 34.5 Å². The lowest BCUT2D eigenvalue weighted by atomic mass is 10.0. The lowest BCUT2D eigenvalue weighted by Gasteiger charge is -2.13. The minimum atomic E-state index is 0.00353. The summed E-state index contributed by atoms with van der Waals surface area (Å²) in [6, 6.07) is 13.8. The first-order valence-electron chi connectivity index (χ1n) is 8.70. The van der Waals surface area contributed by atoms with Crippen LogP contribution in [-0.2, 0) is 4.79 Å². The van der Waals surface area contributed by atoms with Crippen LogP contribution < -0.4 is 5.32 Å². The molecule has 5 nitrogen and oxygen atoms in total. The number of thioether (sulfide) groups is 1. The molecule has 2 aromatic carbocycles. The van der Waals surface area contributed by atoms with Gasteiger partial charge in [-0.25, -0.2) is 4.98 Å². The summed E-state index contributed by atoms with van der Waals surface area (Å²) < 4.78 is 2.76. The quantitative estimate of drug-likeness (QED) is 0.426. The summed E-state index contributed by atoms with van der Waals surface area (Å²) >= 11 is 4.95. The highest BCUT2D eigenvalue weighted by Crippen LogP contribution is 2.32. The number of imidazole rings is 1. The number of aromatic nitrogens is 2. The predicted octanol–water partition coefficient (Wildman–Crippen LogP) is 4.67. The highest BCUT2D eigenvalue weighted by Gasteiger charge is 2.15. The Labute approximate surface area is 170 Å². The molecule has 0 unspecified atom stereocenters. The molecule has 0 saturated heterocycles. The molecule has 7 heteroatoms. The van der Waals surface area contributed by atoms with Gasteiger partial charge in [-0.1, -0.05) is 49.4 Å². The average molecular weight is 443 g/mol. The lowest BCUT2D eigenvalue weighted by molar-refractivity contribution is -0.118. The van der Waals surface area contributed by atoms with Gasteiger partial charge in [0.05, 0.1) is 29.3 Å². The zero-order valence-corrected chi connectivity index (χ0v) is 17.3. The van der Waals surface area contributed by atoms with E-state index < -0.39 is 0 Å². The Morgan fingerprint density at radius 1 is 1.30 bits per heavy atom. The van der Waals surface area contributed by atoms with Crippen molar-refractivity contribution in [2.75, 3.05) is 12.3 Å². The Morgan fingerprint density at radius 2 is 2.07 bits per heavy atom. The summed E-state index contributed by atoms with van der Waals surface area (Å²) in [7, 11) is 0. The second kappa shape index (κ2) is 9.07. The molecule has 1 amide bonds. The lowest BCUT2D eigenvalue weighted by Crippen LogP contribution is -2.26. The zero-order valence-electron chi connectivity index (χ0n) is 14.9. The number of unbranched alkanes of at least 4 members (excludes halogenated alkanes) is 1. The van der Waals surface area contributed by atoms with Crippen molar-refractivity contribution in [3.8, 4) is 11.8 Å². The highest BCUT2D eigenvalue weighted by atomic mass is 79.9. The van der Waals surface area contributed by atoms with Gasteiger partial charge in [0.25, 0.3) is 0 Å². The smallest absolute Gasteiger partial charge is 0.230 e. The minimum Gasteiger partial charge on any atom is -0.355 e. The molecule has 0 saturated carbocycles. The monoisotopic (exact) mass is 442 g/mol. The number of rotatable bonds is 7. The van der Waals surface area contributed by atoms with E-state index in [0.717, 1.165) is 39.1 Å². The van der Waals surface area contributed by atoms with Gasteiger partial charge in [0.2, 0.25) is 5.91 Å². The fraction of sp³-hybridized carbons (Fsp3) is 0.250. The number of nitriles is 1. The number of hydrogen-bond acceptors (Lipinski definition) is 4. The van der Waals surface area contributed by atoms with Crippen LogP contribution in [-0.4, -0.2) is 27.8 Å². The van der Waals surface area contributed by atoms with Crippen molar-refractivity contribution in [2.24, 2.45) is 0 Å². The van der Waals surface area contributed by atoms with Gasteiger partial charge < -0.3 is 5.32 Å². The van der Waals surface area contributed by atoms with E-state index in [-0.39, 0.29) is 5.91 Å². The van der Waals surface area contributed by atoms with Crippen LogP contribution in [0.3, 0.4) is 0 Å². The van der Waals surface area contributed by atoms with E-state index in [1.54, 1.807) is 6.20 Å². The predicted molar refractivity (Wildman–Crippen MR) is 112 cm³/mol. The Hall–Kier alpha value is -2.30. The largest absolute Gasteiger partial charge is 0.355 e. The first-order valence-corrected chi connectivity index (χ1v) is 10.5. The van der Waals surface area contributed by atoms with Crippen molar-refractivity contribution >= 4 is 44.4 Å². The van der Waals surface area contributed by atoms with Crippen LogP contribution in [0.25, 0.3) is 16.5 Å². The molecule has 1 heterocycles. The van der Waals surface area contributed by atoms with E-state index in [0.29, 0.717) is 17.9 Å². The number of halogens is 1. The van der Waals surface area contributed by atoms with Crippen LogP contribution in [0.2, 0.25) is 0 Å². The molecule has 27 heavy (non-hydrogen) atoms. The van der Waals surface area contributed by atoms with Crippen LogP contribution in [0.15, 0.2) is 52.4 Å². The first kappa shape index (κ1) is 19.5. The van der Waals surface area contributed by atoms with Crippen molar-refractivity contribution in [3.05, 3.63) is 52.8 Å². The maximum Gasteiger partial charge on any atom is 0.230 e. The molecule has 0 spiro atoms. The van der Waals surface area contributed by atoms with E-state index >= 15 is 0 Å². The maximum absolute atomic E-state index is 12.0. The van der Waals surface area contributed by atoms with Gasteiger partial charge in [-0.3, -0.25) is 9.36 Å². The molecule has 0 radical (unpaired) electrons. The number of amides is 1. The number of nitrogens with one attached hydrogen (secondary N) is 1. The Morgan fingerprint density at radius 3 is 2.81 bits per heavy atom. The van der Waals surface area contributed by atoms with Crippen LogP contribution in [0.5, 0.6) is 0 Å². The molecule has 3 rings (SSSR count). The van der Waals surface area contributed by atoms with Gasteiger partial charge in [0.15, 0.2) is 5.16 Å². The fourth-order valence-corrected chi connectivity index (χ4v) is 4.19. The Balaban J connectivity index is 1.91. The summed E-state index contributed by atoms with van der Waals surface area (Å²) in [5.74, 6) is 0.310. The molecule has 3 aromatic rings. The van der Waals surface area contributed by atoms with Crippen LogP contribution >= 0.6 is 27.7 Å². The number of fused-ring (bicyclic) bond motifs is 1. The Bertz CT molecular complexity index is 1010. The van der Waals surface area contributed by atoms with Gasteiger partial charge in [-0.2, -0.15) is 5.26 Å². The van der Waals surface area contributed by atoms with Crippen molar-refractivity contribution in [2.45, 2.75) is 24.9 Å². The molecular weight excluding hydrogens is 424 g/mol. The molecule has 1 aromatic heterocycles. The standard InChI is InChI=1S/C20H19BrN4OS/c1-2-3-10-23-19(26)13-27-20-24-12-18(21)25(20)17-9-8-14(11-22)15-6-4-5-7-16(15)17/h4-9,12H,2-3,10,13H2,1H3,(H,23,26). The summed E-state index contributed by atoms with van der Waals surface area (Å²) in [4.78, 5) is 16.5. The third-order valence-corrected chi connectivity index (χ3v) is 5.65. The fourth-order valence-electron chi connectivity index (χ4n) is 2.80. The molecule has 0 bridgehead atoms. The molecule has 1 N–H and O–H groups in total. The summed E-state index contributed by atoms with van der Waals surface area (Å²) in [6.45, 7) is 2.80. The van der Waals surface area contributed by atoms with E-state index in [2.05, 4.69) is 39.2 Å².